The second kappa shape index (κ2) is 8.08. The van der Waals surface area contributed by atoms with Gasteiger partial charge in [0.2, 0.25) is 0 Å². The topological polar surface area (TPSA) is 136 Å². The molecule has 0 aliphatic rings. The summed E-state index contributed by atoms with van der Waals surface area (Å²) in [6.07, 6.45) is 6.19. The number of nitrogens with two attached hydrogens (primary N) is 1. The van der Waals surface area contributed by atoms with Crippen molar-refractivity contribution in [1.29, 1.82) is 0 Å². The summed E-state index contributed by atoms with van der Waals surface area (Å²) in [5.41, 5.74) is 6.53. The van der Waals surface area contributed by atoms with Crippen molar-refractivity contribution in [3.05, 3.63) is 72.9 Å². The highest BCUT2D eigenvalue weighted by Gasteiger charge is 2.12. The van der Waals surface area contributed by atoms with Crippen LogP contribution >= 0.6 is 0 Å². The van der Waals surface area contributed by atoms with Crippen LogP contribution < -0.4 is 5.73 Å². The van der Waals surface area contributed by atoms with Crippen molar-refractivity contribution in [2.75, 3.05) is 0 Å². The van der Waals surface area contributed by atoms with E-state index in [9.17, 15) is 13.2 Å². The first-order chi connectivity index (χ1) is 11.9. The van der Waals surface area contributed by atoms with E-state index < -0.39 is 16.0 Å². The van der Waals surface area contributed by atoms with E-state index in [1.807, 2.05) is 0 Å². The number of hydrogen-bond donors (Lipinski definition) is 2. The zero-order valence-corrected chi connectivity index (χ0v) is 13.7. The van der Waals surface area contributed by atoms with E-state index in [-0.39, 0.29) is 10.6 Å². The van der Waals surface area contributed by atoms with Crippen molar-refractivity contribution in [1.82, 2.24) is 15.0 Å². The summed E-state index contributed by atoms with van der Waals surface area (Å²) in [6, 6.07) is 11.0. The summed E-state index contributed by atoms with van der Waals surface area (Å²) in [5, 5.41) is 0. The molecule has 0 bridgehead atoms. The van der Waals surface area contributed by atoms with E-state index in [1.165, 1.54) is 24.5 Å². The summed E-state index contributed by atoms with van der Waals surface area (Å²) in [5.74, 6) is -0.595. The van der Waals surface area contributed by atoms with Crippen LogP contribution in [0.5, 0.6) is 0 Å². The molecule has 0 aliphatic carbocycles. The Balaban J connectivity index is 0.000000196. The summed E-state index contributed by atoms with van der Waals surface area (Å²) in [6.45, 7) is 0. The molecule has 0 fully saturated rings. The van der Waals surface area contributed by atoms with E-state index in [0.29, 0.717) is 5.69 Å². The molecule has 0 spiro atoms. The minimum absolute atomic E-state index is 0.0741. The van der Waals surface area contributed by atoms with Gasteiger partial charge in [-0.2, -0.15) is 8.42 Å². The lowest BCUT2D eigenvalue weighted by atomic mass is 10.1. The van der Waals surface area contributed by atoms with Crippen molar-refractivity contribution >= 4 is 16.0 Å². The Morgan fingerprint density at radius 1 is 0.960 bits per heavy atom. The van der Waals surface area contributed by atoms with E-state index in [4.69, 9.17) is 10.3 Å². The van der Waals surface area contributed by atoms with Gasteiger partial charge in [0.1, 0.15) is 5.69 Å². The standard InChI is InChI=1S/C10H8N4O.C6H6O3S/c11-10(15)9-8(13-4-5-14-9)7-2-1-3-12-6-7;7-10(8,9)6-4-2-1-3-5-6/h1-6H,(H2,11,15);1-5H,(H,7,8,9). The largest absolute Gasteiger partial charge is 0.364 e. The molecule has 1 aromatic carbocycles. The number of pyridine rings is 1. The van der Waals surface area contributed by atoms with Crippen molar-refractivity contribution < 1.29 is 17.8 Å². The third-order valence-corrected chi connectivity index (χ3v) is 3.78. The zero-order chi connectivity index (χ0) is 18.3. The zero-order valence-electron chi connectivity index (χ0n) is 12.9. The minimum atomic E-state index is -4.00. The normalized spacial score (nSPS) is 10.4. The van der Waals surface area contributed by atoms with Gasteiger partial charge in [0.05, 0.1) is 4.90 Å². The Kier molecular flexibility index (Phi) is 5.88. The Labute approximate surface area is 144 Å². The number of nitrogens with zero attached hydrogens (tertiary/aromatic N) is 3. The van der Waals surface area contributed by atoms with E-state index in [0.717, 1.165) is 5.56 Å². The van der Waals surface area contributed by atoms with Crippen molar-refractivity contribution in [2.45, 2.75) is 4.90 Å². The molecule has 2 aromatic heterocycles. The van der Waals surface area contributed by atoms with Gasteiger partial charge in [0, 0.05) is 30.4 Å². The molecule has 0 saturated carbocycles. The van der Waals surface area contributed by atoms with Crippen LogP contribution in [0.3, 0.4) is 0 Å². The maximum atomic E-state index is 11.1. The number of hydrogen-bond acceptors (Lipinski definition) is 6. The predicted molar refractivity (Wildman–Crippen MR) is 90.0 cm³/mol. The smallest absolute Gasteiger partial charge is 0.294 e. The maximum absolute atomic E-state index is 11.1. The minimum Gasteiger partial charge on any atom is -0.364 e. The van der Waals surface area contributed by atoms with Gasteiger partial charge in [-0.15, -0.1) is 0 Å². The predicted octanol–water partition coefficient (Wildman–Crippen LogP) is 1.57. The summed E-state index contributed by atoms with van der Waals surface area (Å²) in [7, 11) is -4.00. The highest BCUT2D eigenvalue weighted by molar-refractivity contribution is 7.85. The fourth-order valence-corrected chi connectivity index (χ4v) is 2.33. The monoisotopic (exact) mass is 358 g/mol. The van der Waals surface area contributed by atoms with Crippen LogP contribution in [0.25, 0.3) is 11.3 Å². The Morgan fingerprint density at radius 3 is 2.16 bits per heavy atom. The second-order valence-electron chi connectivity index (χ2n) is 4.65. The fraction of sp³-hybridized carbons (Fsp3) is 0. The van der Waals surface area contributed by atoms with Gasteiger partial charge >= 0.3 is 0 Å². The van der Waals surface area contributed by atoms with Gasteiger partial charge in [-0.3, -0.25) is 19.3 Å². The average molecular weight is 358 g/mol. The molecule has 2 heterocycles. The van der Waals surface area contributed by atoms with E-state index in [1.54, 1.807) is 42.7 Å². The molecule has 0 unspecified atom stereocenters. The molecule has 8 nitrogen and oxygen atoms in total. The average Bonchev–Trinajstić information content (AvgIpc) is 2.63. The number of amides is 1. The van der Waals surface area contributed by atoms with Crippen molar-refractivity contribution in [3.63, 3.8) is 0 Å². The van der Waals surface area contributed by atoms with Crippen LogP contribution in [0.1, 0.15) is 10.5 Å². The summed E-state index contributed by atoms with van der Waals surface area (Å²) >= 11 is 0. The van der Waals surface area contributed by atoms with Crippen LogP contribution in [0.15, 0.2) is 72.1 Å². The van der Waals surface area contributed by atoms with Gasteiger partial charge in [0.15, 0.2) is 5.69 Å². The quantitative estimate of drug-likeness (QED) is 0.678. The Hall–Kier alpha value is -3.17. The number of aromatic nitrogens is 3. The lowest BCUT2D eigenvalue weighted by molar-refractivity contribution is 0.0996. The highest BCUT2D eigenvalue weighted by Crippen LogP contribution is 2.17. The fourth-order valence-electron chi connectivity index (χ4n) is 1.82. The van der Waals surface area contributed by atoms with Gasteiger partial charge in [-0.25, -0.2) is 4.98 Å². The highest BCUT2D eigenvalue weighted by atomic mass is 32.2. The maximum Gasteiger partial charge on any atom is 0.294 e. The van der Waals surface area contributed by atoms with E-state index >= 15 is 0 Å². The SMILES string of the molecule is NC(=O)c1nccnc1-c1cccnc1.O=S(=O)(O)c1ccccc1. The number of benzene rings is 1. The Morgan fingerprint density at radius 2 is 1.64 bits per heavy atom. The number of carbonyl (C=O) groups is 1. The molecule has 128 valence electrons. The molecule has 3 N–H and O–H groups in total. The van der Waals surface area contributed by atoms with Gasteiger partial charge in [-0.05, 0) is 24.3 Å². The molecule has 0 atom stereocenters. The summed E-state index contributed by atoms with van der Waals surface area (Å²) < 4.78 is 29.2. The van der Waals surface area contributed by atoms with Crippen LogP contribution in [0, 0.1) is 0 Å². The third kappa shape index (κ3) is 5.16. The first-order valence-corrected chi connectivity index (χ1v) is 8.37. The molecule has 25 heavy (non-hydrogen) atoms. The number of carbonyl (C=O) groups excluding carboxylic acids is 1. The lowest BCUT2D eigenvalue weighted by Crippen LogP contribution is -2.15. The van der Waals surface area contributed by atoms with Crippen LogP contribution in [-0.4, -0.2) is 33.8 Å². The van der Waals surface area contributed by atoms with E-state index in [2.05, 4.69) is 15.0 Å². The number of primary amides is 1. The van der Waals surface area contributed by atoms with Crippen LogP contribution in [0.2, 0.25) is 0 Å². The lowest BCUT2D eigenvalue weighted by Gasteiger charge is -2.02. The van der Waals surface area contributed by atoms with Crippen LogP contribution in [0.4, 0.5) is 0 Å². The molecule has 9 heteroatoms. The Bertz CT molecular complexity index is 948. The molecule has 0 saturated heterocycles. The molecule has 3 rings (SSSR count). The first kappa shape index (κ1) is 18.2. The molecule has 1 amide bonds. The van der Waals surface area contributed by atoms with Gasteiger partial charge in [-0.1, -0.05) is 18.2 Å². The van der Waals surface area contributed by atoms with Gasteiger partial charge in [0.25, 0.3) is 16.0 Å². The van der Waals surface area contributed by atoms with Gasteiger partial charge < -0.3 is 5.73 Å². The molecule has 0 radical (unpaired) electrons. The first-order valence-electron chi connectivity index (χ1n) is 6.93. The third-order valence-electron chi connectivity index (χ3n) is 2.91. The molecule has 3 aromatic rings. The van der Waals surface area contributed by atoms with Crippen molar-refractivity contribution in [3.8, 4) is 11.3 Å². The summed E-state index contributed by atoms with van der Waals surface area (Å²) in [4.78, 5) is 22.9. The number of rotatable bonds is 3. The van der Waals surface area contributed by atoms with Crippen LogP contribution in [-0.2, 0) is 10.1 Å². The molecule has 0 aliphatic heterocycles. The van der Waals surface area contributed by atoms with Crippen molar-refractivity contribution in [2.24, 2.45) is 5.73 Å². The molecular weight excluding hydrogens is 344 g/mol. The second-order valence-corrected chi connectivity index (χ2v) is 6.07. The molecular formula is C16H14N4O4S.